The third-order valence-electron chi connectivity index (χ3n) is 3.86. The van der Waals surface area contributed by atoms with Gasteiger partial charge in [0.05, 0.1) is 6.04 Å². The molecule has 0 saturated heterocycles. The minimum absolute atomic E-state index is 0.0649. The van der Waals surface area contributed by atoms with Crippen LogP contribution in [0.2, 0.25) is 5.02 Å². The normalized spacial score (nSPS) is 12.4. The van der Waals surface area contributed by atoms with Crippen molar-refractivity contribution in [3.05, 3.63) is 69.2 Å². The van der Waals surface area contributed by atoms with Crippen LogP contribution in [0, 0.1) is 20.8 Å². The minimum Gasteiger partial charge on any atom is -0.271 e. The first-order valence-electron chi connectivity index (χ1n) is 6.80. The topological polar surface area (TPSA) is 38.0 Å². The van der Waals surface area contributed by atoms with Gasteiger partial charge in [-0.1, -0.05) is 41.9 Å². The van der Waals surface area contributed by atoms with E-state index in [9.17, 15) is 0 Å². The average Bonchev–Trinajstić information content (AvgIpc) is 2.42. The molecule has 0 amide bonds. The van der Waals surface area contributed by atoms with Crippen LogP contribution < -0.4 is 11.3 Å². The minimum atomic E-state index is 0.0649. The Morgan fingerprint density at radius 1 is 1.15 bits per heavy atom. The largest absolute Gasteiger partial charge is 0.271 e. The number of aryl methyl sites for hydroxylation is 2. The highest BCUT2D eigenvalue weighted by Crippen LogP contribution is 2.26. The van der Waals surface area contributed by atoms with E-state index in [1.54, 1.807) is 0 Å². The van der Waals surface area contributed by atoms with Gasteiger partial charge < -0.3 is 0 Å². The van der Waals surface area contributed by atoms with Crippen LogP contribution in [0.3, 0.4) is 0 Å². The van der Waals surface area contributed by atoms with E-state index in [-0.39, 0.29) is 6.04 Å². The second-order valence-corrected chi connectivity index (χ2v) is 5.71. The van der Waals surface area contributed by atoms with Crippen LogP contribution in [0.4, 0.5) is 0 Å². The molecule has 2 nitrogen and oxygen atoms in total. The van der Waals surface area contributed by atoms with Gasteiger partial charge in [-0.2, -0.15) is 0 Å². The zero-order valence-electron chi connectivity index (χ0n) is 12.2. The number of hydrogen-bond acceptors (Lipinski definition) is 2. The summed E-state index contributed by atoms with van der Waals surface area (Å²) in [7, 11) is 0. The molecule has 0 saturated carbocycles. The van der Waals surface area contributed by atoms with Crippen molar-refractivity contribution in [3.63, 3.8) is 0 Å². The molecular formula is C17H21ClN2. The fourth-order valence-electron chi connectivity index (χ4n) is 2.45. The van der Waals surface area contributed by atoms with Gasteiger partial charge in [0.25, 0.3) is 0 Å². The van der Waals surface area contributed by atoms with E-state index in [0.717, 1.165) is 17.0 Å². The van der Waals surface area contributed by atoms with Crippen LogP contribution in [-0.2, 0) is 6.42 Å². The van der Waals surface area contributed by atoms with Gasteiger partial charge in [0.15, 0.2) is 0 Å². The fraction of sp³-hybridized carbons (Fsp3) is 0.294. The molecular weight excluding hydrogens is 268 g/mol. The lowest BCUT2D eigenvalue weighted by molar-refractivity contribution is 0.549. The van der Waals surface area contributed by atoms with Gasteiger partial charge in [-0.15, -0.1) is 0 Å². The number of hydrazine groups is 1. The number of benzene rings is 2. The number of nitrogens with one attached hydrogen (secondary N) is 1. The number of hydrogen-bond donors (Lipinski definition) is 2. The molecule has 2 aromatic carbocycles. The smallest absolute Gasteiger partial charge is 0.0503 e. The van der Waals surface area contributed by atoms with Gasteiger partial charge in [-0.25, -0.2) is 0 Å². The Kier molecular flexibility index (Phi) is 4.81. The Bertz CT molecular complexity index is 608. The summed E-state index contributed by atoms with van der Waals surface area (Å²) >= 11 is 6.32. The number of halogens is 1. The highest BCUT2D eigenvalue weighted by Gasteiger charge is 2.15. The van der Waals surface area contributed by atoms with Crippen LogP contribution in [0.1, 0.15) is 33.9 Å². The Balaban J connectivity index is 2.31. The van der Waals surface area contributed by atoms with Gasteiger partial charge in [0.2, 0.25) is 0 Å². The third-order valence-corrected chi connectivity index (χ3v) is 4.21. The maximum Gasteiger partial charge on any atom is 0.0503 e. The lowest BCUT2D eigenvalue weighted by Gasteiger charge is -2.20. The summed E-state index contributed by atoms with van der Waals surface area (Å²) < 4.78 is 0. The number of rotatable bonds is 4. The molecule has 2 rings (SSSR count). The lowest BCUT2D eigenvalue weighted by Crippen LogP contribution is -2.30. The summed E-state index contributed by atoms with van der Waals surface area (Å²) in [5.41, 5.74) is 8.98. The molecule has 1 unspecified atom stereocenters. The molecule has 0 spiro atoms. The zero-order chi connectivity index (χ0) is 14.7. The Morgan fingerprint density at radius 3 is 2.55 bits per heavy atom. The summed E-state index contributed by atoms with van der Waals surface area (Å²) in [6, 6.07) is 12.5. The molecule has 0 fully saturated rings. The highest BCUT2D eigenvalue weighted by atomic mass is 35.5. The van der Waals surface area contributed by atoms with E-state index < -0.39 is 0 Å². The standard InChI is InChI=1S/C17H21ClN2/c1-11-7-8-14(16(18)9-11)10-17(20-19)15-6-4-5-12(2)13(15)3/h4-9,17,20H,10,19H2,1-3H3. The molecule has 0 aliphatic heterocycles. The summed E-state index contributed by atoms with van der Waals surface area (Å²) in [4.78, 5) is 0. The van der Waals surface area contributed by atoms with Gasteiger partial charge in [0.1, 0.15) is 0 Å². The molecule has 0 aromatic heterocycles. The van der Waals surface area contributed by atoms with E-state index in [2.05, 4.69) is 49.6 Å². The molecule has 0 heterocycles. The molecule has 0 aliphatic carbocycles. The molecule has 0 aliphatic rings. The van der Waals surface area contributed by atoms with Crippen molar-refractivity contribution in [3.8, 4) is 0 Å². The van der Waals surface area contributed by atoms with Crippen LogP contribution in [0.5, 0.6) is 0 Å². The summed E-state index contributed by atoms with van der Waals surface area (Å²) in [6.07, 6.45) is 0.778. The van der Waals surface area contributed by atoms with Crippen molar-refractivity contribution in [2.45, 2.75) is 33.2 Å². The van der Waals surface area contributed by atoms with Gasteiger partial charge >= 0.3 is 0 Å². The van der Waals surface area contributed by atoms with Gasteiger partial charge in [-0.3, -0.25) is 11.3 Å². The third kappa shape index (κ3) is 3.21. The SMILES string of the molecule is Cc1ccc(CC(NN)c2cccc(C)c2C)c(Cl)c1. The van der Waals surface area contributed by atoms with E-state index in [4.69, 9.17) is 17.4 Å². The van der Waals surface area contributed by atoms with E-state index in [0.29, 0.717) is 0 Å². The van der Waals surface area contributed by atoms with E-state index in [1.165, 1.54) is 22.3 Å². The van der Waals surface area contributed by atoms with Crippen LogP contribution in [0.25, 0.3) is 0 Å². The van der Waals surface area contributed by atoms with E-state index >= 15 is 0 Å². The van der Waals surface area contributed by atoms with Gasteiger partial charge in [0, 0.05) is 5.02 Å². The van der Waals surface area contributed by atoms with Crippen molar-refractivity contribution in [1.29, 1.82) is 0 Å². The van der Waals surface area contributed by atoms with Gasteiger partial charge in [-0.05, 0) is 61.1 Å². The lowest BCUT2D eigenvalue weighted by atomic mass is 9.93. The van der Waals surface area contributed by atoms with Crippen molar-refractivity contribution < 1.29 is 0 Å². The van der Waals surface area contributed by atoms with Crippen molar-refractivity contribution in [2.75, 3.05) is 0 Å². The van der Waals surface area contributed by atoms with Crippen LogP contribution in [-0.4, -0.2) is 0 Å². The predicted molar refractivity (Wildman–Crippen MR) is 85.9 cm³/mol. The van der Waals surface area contributed by atoms with Crippen LogP contribution >= 0.6 is 11.6 Å². The zero-order valence-corrected chi connectivity index (χ0v) is 13.0. The molecule has 106 valence electrons. The Labute approximate surface area is 125 Å². The quantitative estimate of drug-likeness (QED) is 0.659. The first kappa shape index (κ1) is 15.0. The second-order valence-electron chi connectivity index (χ2n) is 5.31. The average molecular weight is 289 g/mol. The number of nitrogens with two attached hydrogens (primary N) is 1. The molecule has 2 aromatic rings. The molecule has 20 heavy (non-hydrogen) atoms. The van der Waals surface area contributed by atoms with Crippen LogP contribution in [0.15, 0.2) is 36.4 Å². The summed E-state index contributed by atoms with van der Waals surface area (Å²) in [5.74, 6) is 5.76. The molecule has 3 heteroatoms. The maximum absolute atomic E-state index is 6.32. The molecule has 0 radical (unpaired) electrons. The predicted octanol–water partition coefficient (Wildman–Crippen LogP) is 4.01. The first-order valence-corrected chi connectivity index (χ1v) is 7.18. The highest BCUT2D eigenvalue weighted by molar-refractivity contribution is 6.31. The molecule has 1 atom stereocenters. The maximum atomic E-state index is 6.32. The Morgan fingerprint density at radius 2 is 1.90 bits per heavy atom. The van der Waals surface area contributed by atoms with Crippen molar-refractivity contribution in [2.24, 2.45) is 5.84 Å². The summed E-state index contributed by atoms with van der Waals surface area (Å²) in [5, 5.41) is 0.801. The summed E-state index contributed by atoms with van der Waals surface area (Å²) in [6.45, 7) is 6.29. The first-order chi connectivity index (χ1) is 9.52. The Hall–Kier alpha value is -1.35. The monoisotopic (exact) mass is 288 g/mol. The van der Waals surface area contributed by atoms with Crippen molar-refractivity contribution >= 4 is 11.6 Å². The fourth-order valence-corrected chi connectivity index (χ4v) is 2.76. The second kappa shape index (κ2) is 6.40. The molecule has 3 N–H and O–H groups in total. The van der Waals surface area contributed by atoms with E-state index in [1.807, 2.05) is 13.0 Å². The van der Waals surface area contributed by atoms with Crippen molar-refractivity contribution in [1.82, 2.24) is 5.43 Å². The molecule has 0 bridgehead atoms.